The normalized spacial score (nSPS) is 16.8. The number of carboxylic acid groups (broad SMARTS) is 1. The predicted molar refractivity (Wildman–Crippen MR) is 91.9 cm³/mol. The molecule has 0 aromatic heterocycles. The molecular weight excluding hydrogens is 358 g/mol. The highest BCUT2D eigenvalue weighted by Crippen LogP contribution is 2.33. The lowest BCUT2D eigenvalue weighted by Crippen LogP contribution is -2.37. The molecule has 3 N–H and O–H groups in total. The van der Waals surface area contributed by atoms with Crippen molar-refractivity contribution in [1.82, 2.24) is 5.32 Å². The highest BCUT2D eigenvalue weighted by Gasteiger charge is 2.32. The number of hydrogen-bond donors (Lipinski definition) is 3. The van der Waals surface area contributed by atoms with E-state index in [1.54, 1.807) is 0 Å². The van der Waals surface area contributed by atoms with Gasteiger partial charge in [0.1, 0.15) is 11.6 Å². The van der Waals surface area contributed by atoms with E-state index in [-0.39, 0.29) is 12.1 Å². The van der Waals surface area contributed by atoms with Gasteiger partial charge in [-0.2, -0.15) is 0 Å². The lowest BCUT2D eigenvalue weighted by atomic mass is 9.89. The molecule has 0 saturated carbocycles. The van der Waals surface area contributed by atoms with Crippen molar-refractivity contribution < 1.29 is 28.3 Å². The number of carbonyl (C=O) groups is 3. The molecule has 0 radical (unpaired) electrons. The largest absolute Gasteiger partial charge is 0.481 e. The number of nitrogens with one attached hydrogen (secondary N) is 2. The molecule has 0 fully saturated rings. The Morgan fingerprint density at radius 3 is 2.48 bits per heavy atom. The predicted octanol–water partition coefficient (Wildman–Crippen LogP) is 2.72. The van der Waals surface area contributed by atoms with E-state index in [0.29, 0.717) is 11.1 Å². The summed E-state index contributed by atoms with van der Waals surface area (Å²) >= 11 is 0. The molecule has 0 aliphatic carbocycles. The quantitative estimate of drug-likeness (QED) is 0.750. The number of carbonyl (C=O) groups excluding carboxylic acids is 2. The molecule has 1 aliphatic rings. The number of amides is 2. The number of carboxylic acids is 1. The van der Waals surface area contributed by atoms with E-state index in [2.05, 4.69) is 10.6 Å². The Morgan fingerprint density at radius 2 is 1.81 bits per heavy atom. The number of rotatable bonds is 5. The Bertz CT molecular complexity index is 899. The Kier molecular flexibility index (Phi) is 5.16. The number of fused-ring (bicyclic) bond motifs is 1. The third kappa shape index (κ3) is 4.28. The standard InChI is InChI=1S/C19H16F2N2O4/c20-11-3-1-10(2-4-11)15(9-18(25)26)23-19(27)14-8-17(24)22-16-7-12(21)5-6-13(14)16/h1-7,14-15H,8-9H2,(H,22,24)(H,23,27)(H,25,26)/t14-,15+/m0/s1. The first-order valence-electron chi connectivity index (χ1n) is 8.20. The van der Waals surface area contributed by atoms with Gasteiger partial charge in [-0.25, -0.2) is 8.78 Å². The maximum atomic E-state index is 13.4. The van der Waals surface area contributed by atoms with Crippen molar-refractivity contribution in [3.8, 4) is 0 Å². The van der Waals surface area contributed by atoms with Gasteiger partial charge in [-0.1, -0.05) is 18.2 Å². The van der Waals surface area contributed by atoms with Crippen LogP contribution in [-0.2, 0) is 14.4 Å². The van der Waals surface area contributed by atoms with E-state index in [4.69, 9.17) is 5.11 Å². The third-order valence-corrected chi connectivity index (χ3v) is 4.34. The zero-order valence-corrected chi connectivity index (χ0v) is 14.0. The number of benzene rings is 2. The van der Waals surface area contributed by atoms with Gasteiger partial charge in [0.2, 0.25) is 11.8 Å². The van der Waals surface area contributed by atoms with E-state index >= 15 is 0 Å². The minimum Gasteiger partial charge on any atom is -0.481 e. The van der Waals surface area contributed by atoms with Crippen molar-refractivity contribution >= 4 is 23.5 Å². The van der Waals surface area contributed by atoms with Crippen LogP contribution in [-0.4, -0.2) is 22.9 Å². The van der Waals surface area contributed by atoms with Crippen LogP contribution in [0.4, 0.5) is 14.5 Å². The maximum absolute atomic E-state index is 13.4. The fourth-order valence-corrected chi connectivity index (χ4v) is 3.07. The molecule has 27 heavy (non-hydrogen) atoms. The summed E-state index contributed by atoms with van der Waals surface area (Å²) in [6, 6.07) is 7.94. The zero-order chi connectivity index (χ0) is 19.6. The first-order valence-corrected chi connectivity index (χ1v) is 8.20. The molecule has 1 heterocycles. The van der Waals surface area contributed by atoms with Crippen molar-refractivity contribution in [3.05, 3.63) is 65.2 Å². The van der Waals surface area contributed by atoms with Gasteiger partial charge >= 0.3 is 5.97 Å². The first-order chi connectivity index (χ1) is 12.8. The summed E-state index contributed by atoms with van der Waals surface area (Å²) in [5.74, 6) is -4.07. The van der Waals surface area contributed by atoms with E-state index in [1.807, 2.05) is 0 Å². The van der Waals surface area contributed by atoms with Crippen LogP contribution in [0.15, 0.2) is 42.5 Å². The molecule has 0 unspecified atom stereocenters. The van der Waals surface area contributed by atoms with Crippen LogP contribution in [0.5, 0.6) is 0 Å². The van der Waals surface area contributed by atoms with Gasteiger partial charge in [-0.3, -0.25) is 14.4 Å². The molecule has 2 aromatic carbocycles. The molecule has 6 nitrogen and oxygen atoms in total. The third-order valence-electron chi connectivity index (χ3n) is 4.34. The van der Waals surface area contributed by atoms with Crippen LogP contribution < -0.4 is 10.6 Å². The van der Waals surface area contributed by atoms with E-state index in [9.17, 15) is 23.2 Å². The summed E-state index contributed by atoms with van der Waals surface area (Å²) in [5.41, 5.74) is 1.08. The average Bonchev–Trinajstić information content (AvgIpc) is 2.60. The summed E-state index contributed by atoms with van der Waals surface area (Å²) in [6.07, 6.45) is -0.555. The Balaban J connectivity index is 1.86. The number of hydrogen-bond acceptors (Lipinski definition) is 3. The van der Waals surface area contributed by atoms with Gasteiger partial charge in [-0.05, 0) is 35.4 Å². The topological polar surface area (TPSA) is 95.5 Å². The molecule has 1 aliphatic heterocycles. The fourth-order valence-electron chi connectivity index (χ4n) is 3.07. The Hall–Kier alpha value is -3.29. The minimum absolute atomic E-state index is 0.145. The van der Waals surface area contributed by atoms with E-state index in [0.717, 1.165) is 6.07 Å². The molecule has 140 valence electrons. The molecule has 8 heteroatoms. The SMILES string of the molecule is O=C(O)C[C@@H](NC(=O)[C@H]1CC(=O)Nc2cc(F)ccc21)c1ccc(F)cc1. The second-order valence-electron chi connectivity index (χ2n) is 6.25. The molecule has 2 amide bonds. The monoisotopic (exact) mass is 374 g/mol. The molecule has 0 spiro atoms. The van der Waals surface area contributed by atoms with E-state index < -0.39 is 47.8 Å². The van der Waals surface area contributed by atoms with Crippen LogP contribution in [0.25, 0.3) is 0 Å². The first kappa shape index (κ1) is 18.5. The van der Waals surface area contributed by atoms with Crippen LogP contribution in [0.2, 0.25) is 0 Å². The Morgan fingerprint density at radius 1 is 1.15 bits per heavy atom. The summed E-state index contributed by atoms with van der Waals surface area (Å²) in [7, 11) is 0. The van der Waals surface area contributed by atoms with Crippen molar-refractivity contribution in [2.45, 2.75) is 24.8 Å². The average molecular weight is 374 g/mol. The molecule has 2 aromatic rings. The van der Waals surface area contributed by atoms with Gasteiger partial charge in [0.05, 0.1) is 18.4 Å². The lowest BCUT2D eigenvalue weighted by molar-refractivity contribution is -0.138. The van der Waals surface area contributed by atoms with Gasteiger partial charge in [0, 0.05) is 12.1 Å². The zero-order valence-electron chi connectivity index (χ0n) is 14.0. The number of aliphatic carboxylic acids is 1. The fraction of sp³-hybridized carbons (Fsp3) is 0.211. The molecule has 0 saturated heterocycles. The van der Waals surface area contributed by atoms with Gasteiger partial charge < -0.3 is 15.7 Å². The van der Waals surface area contributed by atoms with Crippen LogP contribution in [0.3, 0.4) is 0 Å². The summed E-state index contributed by atoms with van der Waals surface area (Å²) in [5, 5.41) is 14.3. The smallest absolute Gasteiger partial charge is 0.305 e. The van der Waals surface area contributed by atoms with Gasteiger partial charge in [0.25, 0.3) is 0 Å². The van der Waals surface area contributed by atoms with Crippen LogP contribution in [0.1, 0.15) is 35.9 Å². The van der Waals surface area contributed by atoms with Crippen LogP contribution >= 0.6 is 0 Å². The highest BCUT2D eigenvalue weighted by atomic mass is 19.1. The van der Waals surface area contributed by atoms with E-state index in [1.165, 1.54) is 36.4 Å². The number of anilines is 1. The molecule has 2 atom stereocenters. The van der Waals surface area contributed by atoms with Gasteiger partial charge in [0.15, 0.2) is 0 Å². The molecular formula is C19H16F2N2O4. The highest BCUT2D eigenvalue weighted by molar-refractivity contribution is 6.01. The van der Waals surface area contributed by atoms with Gasteiger partial charge in [-0.15, -0.1) is 0 Å². The summed E-state index contributed by atoms with van der Waals surface area (Å²) in [4.78, 5) is 35.8. The summed E-state index contributed by atoms with van der Waals surface area (Å²) in [6.45, 7) is 0. The second-order valence-corrected chi connectivity index (χ2v) is 6.25. The minimum atomic E-state index is -1.14. The summed E-state index contributed by atoms with van der Waals surface area (Å²) < 4.78 is 26.5. The van der Waals surface area contributed by atoms with Crippen LogP contribution in [0, 0.1) is 11.6 Å². The van der Waals surface area contributed by atoms with Crippen molar-refractivity contribution in [2.75, 3.05) is 5.32 Å². The second kappa shape index (κ2) is 7.53. The van der Waals surface area contributed by atoms with Crippen molar-refractivity contribution in [3.63, 3.8) is 0 Å². The maximum Gasteiger partial charge on any atom is 0.305 e. The molecule has 0 bridgehead atoms. The Labute approximate surface area is 153 Å². The van der Waals surface area contributed by atoms with Crippen molar-refractivity contribution in [1.29, 1.82) is 0 Å². The molecule has 3 rings (SSSR count). The van der Waals surface area contributed by atoms with Crippen molar-refractivity contribution in [2.24, 2.45) is 0 Å². The number of halogens is 2. The lowest BCUT2D eigenvalue weighted by Gasteiger charge is -2.27.